The summed E-state index contributed by atoms with van der Waals surface area (Å²) in [6.07, 6.45) is 1.32. The van der Waals surface area contributed by atoms with Crippen LogP contribution >= 0.6 is 11.6 Å². The van der Waals surface area contributed by atoms with Gasteiger partial charge in [-0.05, 0) is 30.2 Å². The molecule has 7 nitrogen and oxygen atoms in total. The van der Waals surface area contributed by atoms with Gasteiger partial charge in [-0.3, -0.25) is 9.59 Å². The van der Waals surface area contributed by atoms with Crippen LogP contribution in [-0.4, -0.2) is 56.6 Å². The summed E-state index contributed by atoms with van der Waals surface area (Å²) in [6, 6.07) is 13.1. The lowest BCUT2D eigenvalue weighted by molar-refractivity contribution is -0.128. The summed E-state index contributed by atoms with van der Waals surface area (Å²) in [5.41, 5.74) is 1.04. The number of carbonyl (C=O) groups is 2. The van der Waals surface area contributed by atoms with Gasteiger partial charge in [0.1, 0.15) is 4.90 Å². The van der Waals surface area contributed by atoms with Crippen LogP contribution in [0.5, 0.6) is 0 Å². The van der Waals surface area contributed by atoms with Crippen LogP contribution in [0.4, 0.5) is 0 Å². The highest BCUT2D eigenvalue weighted by Gasteiger charge is 2.27. The summed E-state index contributed by atoms with van der Waals surface area (Å²) in [6.45, 7) is 1.01. The second-order valence-corrected chi connectivity index (χ2v) is 9.84. The Hall–Kier alpha value is -2.42. The lowest BCUT2D eigenvalue weighted by atomic mass is 10.1. The number of hydrogen-bond acceptors (Lipinski definition) is 4. The fourth-order valence-corrected chi connectivity index (χ4v) is 4.71. The lowest BCUT2D eigenvalue weighted by Gasteiger charge is -2.25. The van der Waals surface area contributed by atoms with Crippen LogP contribution in [0.2, 0.25) is 5.02 Å². The van der Waals surface area contributed by atoms with E-state index in [9.17, 15) is 18.0 Å². The zero-order valence-corrected chi connectivity index (χ0v) is 18.4. The molecule has 2 aromatic carbocycles. The number of hydrogen-bond donors (Lipinski definition) is 1. The normalized spacial score (nSPS) is 15.5. The molecule has 1 fully saturated rings. The van der Waals surface area contributed by atoms with Crippen molar-refractivity contribution in [2.75, 3.05) is 27.2 Å². The standard InChI is InChI=1S/C21H24ClN3O4S/c1-24(2)30(28,29)19-13-16(10-11-17(19)22)21(27)23-18(15-7-4-3-5-8-15)14-25-12-6-9-20(25)26/h3-5,7-8,10-11,13,18H,6,9,12,14H2,1-2H3,(H,23,27)/t18-/m1/s1. The molecule has 0 unspecified atom stereocenters. The van der Waals surface area contributed by atoms with Crippen molar-refractivity contribution in [1.29, 1.82) is 0 Å². The second-order valence-electron chi connectivity index (χ2n) is 7.31. The minimum absolute atomic E-state index is 0.0440. The van der Waals surface area contributed by atoms with E-state index in [0.717, 1.165) is 16.3 Å². The Morgan fingerprint density at radius 1 is 1.20 bits per heavy atom. The predicted octanol–water partition coefficient (Wildman–Crippen LogP) is 2.68. The predicted molar refractivity (Wildman–Crippen MR) is 115 cm³/mol. The maximum atomic E-state index is 13.0. The summed E-state index contributed by atoms with van der Waals surface area (Å²) in [4.78, 5) is 26.7. The molecule has 1 heterocycles. The minimum atomic E-state index is -3.80. The van der Waals surface area contributed by atoms with E-state index in [4.69, 9.17) is 11.6 Å². The van der Waals surface area contributed by atoms with Gasteiger partial charge in [0.2, 0.25) is 15.9 Å². The number of carbonyl (C=O) groups excluding carboxylic acids is 2. The number of nitrogens with zero attached hydrogens (tertiary/aromatic N) is 2. The average Bonchev–Trinajstić information content (AvgIpc) is 3.12. The Morgan fingerprint density at radius 2 is 1.90 bits per heavy atom. The molecule has 1 atom stereocenters. The van der Waals surface area contributed by atoms with Gasteiger partial charge >= 0.3 is 0 Å². The van der Waals surface area contributed by atoms with Crippen LogP contribution in [0.25, 0.3) is 0 Å². The van der Waals surface area contributed by atoms with Crippen molar-refractivity contribution in [1.82, 2.24) is 14.5 Å². The molecule has 1 aliphatic rings. The number of sulfonamides is 1. The van der Waals surface area contributed by atoms with E-state index in [1.54, 1.807) is 4.90 Å². The highest BCUT2D eigenvalue weighted by Crippen LogP contribution is 2.25. The average molecular weight is 450 g/mol. The molecule has 1 N–H and O–H groups in total. The zero-order chi connectivity index (χ0) is 21.9. The molecule has 9 heteroatoms. The Kier molecular flexibility index (Phi) is 6.80. The summed E-state index contributed by atoms with van der Waals surface area (Å²) in [7, 11) is -1.00. The van der Waals surface area contributed by atoms with Gasteiger partial charge in [-0.2, -0.15) is 0 Å². The quantitative estimate of drug-likeness (QED) is 0.704. The molecule has 30 heavy (non-hydrogen) atoms. The van der Waals surface area contributed by atoms with Crippen molar-refractivity contribution in [3.63, 3.8) is 0 Å². The van der Waals surface area contributed by atoms with Crippen molar-refractivity contribution < 1.29 is 18.0 Å². The Morgan fingerprint density at radius 3 is 2.50 bits per heavy atom. The maximum absolute atomic E-state index is 13.0. The molecule has 0 aliphatic carbocycles. The van der Waals surface area contributed by atoms with E-state index in [1.807, 2.05) is 30.3 Å². The molecule has 0 radical (unpaired) electrons. The van der Waals surface area contributed by atoms with Crippen LogP contribution in [0, 0.1) is 0 Å². The van der Waals surface area contributed by atoms with Gasteiger partial charge in [0, 0.05) is 39.2 Å². The van der Waals surface area contributed by atoms with Crippen molar-refractivity contribution in [3.8, 4) is 0 Å². The van der Waals surface area contributed by atoms with E-state index in [0.29, 0.717) is 19.5 Å². The van der Waals surface area contributed by atoms with Gasteiger partial charge < -0.3 is 10.2 Å². The molecule has 1 saturated heterocycles. The largest absolute Gasteiger partial charge is 0.343 e. The molecule has 160 valence electrons. The van der Waals surface area contributed by atoms with Crippen LogP contribution in [-0.2, 0) is 14.8 Å². The molecule has 0 saturated carbocycles. The Bertz CT molecular complexity index is 1040. The first-order chi connectivity index (χ1) is 14.2. The Labute approximate surface area is 181 Å². The SMILES string of the molecule is CN(C)S(=O)(=O)c1cc(C(=O)N[C@H](CN2CCCC2=O)c2ccccc2)ccc1Cl. The first-order valence-electron chi connectivity index (χ1n) is 9.56. The van der Waals surface area contributed by atoms with Gasteiger partial charge in [-0.25, -0.2) is 12.7 Å². The van der Waals surface area contributed by atoms with E-state index >= 15 is 0 Å². The molecule has 0 spiro atoms. The number of nitrogens with one attached hydrogen (secondary N) is 1. The highest BCUT2D eigenvalue weighted by atomic mass is 35.5. The van der Waals surface area contributed by atoms with Crippen LogP contribution in [0.1, 0.15) is 34.8 Å². The third kappa shape index (κ3) is 4.83. The highest BCUT2D eigenvalue weighted by molar-refractivity contribution is 7.89. The van der Waals surface area contributed by atoms with E-state index in [2.05, 4.69) is 5.32 Å². The molecular weight excluding hydrogens is 426 g/mol. The topological polar surface area (TPSA) is 86.8 Å². The van der Waals surface area contributed by atoms with E-state index in [-0.39, 0.29) is 21.4 Å². The monoisotopic (exact) mass is 449 g/mol. The maximum Gasteiger partial charge on any atom is 0.251 e. The smallest absolute Gasteiger partial charge is 0.251 e. The molecule has 0 aromatic heterocycles. The first kappa shape index (κ1) is 22.3. The molecule has 1 aliphatic heterocycles. The van der Waals surface area contributed by atoms with E-state index < -0.39 is 22.0 Å². The molecule has 0 bridgehead atoms. The van der Waals surface area contributed by atoms with Crippen LogP contribution < -0.4 is 5.32 Å². The Balaban J connectivity index is 1.88. The van der Waals surface area contributed by atoms with Gasteiger partial charge in [-0.15, -0.1) is 0 Å². The van der Waals surface area contributed by atoms with Crippen molar-refractivity contribution in [2.24, 2.45) is 0 Å². The minimum Gasteiger partial charge on any atom is -0.343 e. The second kappa shape index (κ2) is 9.16. The number of amides is 2. The lowest BCUT2D eigenvalue weighted by Crippen LogP contribution is -2.38. The zero-order valence-electron chi connectivity index (χ0n) is 16.8. The van der Waals surface area contributed by atoms with Crippen LogP contribution in [0.3, 0.4) is 0 Å². The third-order valence-electron chi connectivity index (χ3n) is 5.03. The number of halogens is 1. The fourth-order valence-electron chi connectivity index (χ4n) is 3.32. The van der Waals surface area contributed by atoms with Crippen molar-refractivity contribution in [2.45, 2.75) is 23.8 Å². The molecular formula is C21H24ClN3O4S. The van der Waals surface area contributed by atoms with Crippen molar-refractivity contribution >= 4 is 33.4 Å². The molecule has 3 rings (SSSR count). The van der Waals surface area contributed by atoms with Gasteiger partial charge in [0.05, 0.1) is 11.1 Å². The molecule has 2 amide bonds. The van der Waals surface area contributed by atoms with Gasteiger partial charge in [0.15, 0.2) is 0 Å². The van der Waals surface area contributed by atoms with Crippen LogP contribution in [0.15, 0.2) is 53.4 Å². The number of rotatable bonds is 7. The van der Waals surface area contributed by atoms with E-state index in [1.165, 1.54) is 32.3 Å². The van der Waals surface area contributed by atoms with Gasteiger partial charge in [0.25, 0.3) is 5.91 Å². The molecule has 2 aromatic rings. The first-order valence-corrected chi connectivity index (χ1v) is 11.4. The third-order valence-corrected chi connectivity index (χ3v) is 7.33. The summed E-state index contributed by atoms with van der Waals surface area (Å²) < 4.78 is 26.0. The number of likely N-dealkylation sites (tertiary alicyclic amines) is 1. The summed E-state index contributed by atoms with van der Waals surface area (Å²) in [5.74, 6) is -0.376. The van der Waals surface area contributed by atoms with Crippen molar-refractivity contribution in [3.05, 3.63) is 64.7 Å². The van der Waals surface area contributed by atoms with Gasteiger partial charge in [-0.1, -0.05) is 41.9 Å². The summed E-state index contributed by atoms with van der Waals surface area (Å²) >= 11 is 6.08. The summed E-state index contributed by atoms with van der Waals surface area (Å²) in [5, 5.41) is 2.98. The fraction of sp³-hybridized carbons (Fsp3) is 0.333. The number of benzene rings is 2.